The summed E-state index contributed by atoms with van der Waals surface area (Å²) in [5, 5.41) is 2.90. The smallest absolute Gasteiger partial charge is 0.224 e. The van der Waals surface area contributed by atoms with E-state index in [-0.39, 0.29) is 0 Å². The molecule has 3 rings (SSSR count). The van der Waals surface area contributed by atoms with E-state index in [9.17, 15) is 0 Å². The fourth-order valence-corrected chi connectivity index (χ4v) is 3.33. The zero-order valence-electron chi connectivity index (χ0n) is 16.3. The Morgan fingerprint density at radius 3 is 2.67 bits per heavy atom. The van der Waals surface area contributed by atoms with Crippen molar-refractivity contribution < 1.29 is 9.47 Å². The van der Waals surface area contributed by atoms with Crippen molar-refractivity contribution in [1.82, 2.24) is 19.9 Å². The summed E-state index contributed by atoms with van der Waals surface area (Å²) in [6.07, 6.45) is 5.23. The number of nitrogens with one attached hydrogen (secondary N) is 1. The van der Waals surface area contributed by atoms with Gasteiger partial charge >= 0.3 is 0 Å². The number of ether oxygens (including phenoxy) is 2. The highest BCUT2D eigenvalue weighted by Crippen LogP contribution is 2.34. The van der Waals surface area contributed by atoms with Gasteiger partial charge in [-0.05, 0) is 39.3 Å². The van der Waals surface area contributed by atoms with E-state index in [1.54, 1.807) is 20.4 Å². The third-order valence-electron chi connectivity index (χ3n) is 4.72. The molecule has 8 nitrogen and oxygen atoms in total. The zero-order chi connectivity index (χ0) is 19.2. The van der Waals surface area contributed by atoms with Gasteiger partial charge in [-0.1, -0.05) is 0 Å². The van der Waals surface area contributed by atoms with Crippen LogP contribution in [0.3, 0.4) is 0 Å². The van der Waals surface area contributed by atoms with E-state index in [0.717, 1.165) is 18.7 Å². The summed E-state index contributed by atoms with van der Waals surface area (Å²) in [5.41, 5.74) is 8.26. The first-order valence-electron chi connectivity index (χ1n) is 9.33. The second kappa shape index (κ2) is 8.85. The van der Waals surface area contributed by atoms with Gasteiger partial charge in [-0.25, -0.2) is 4.98 Å². The second-order valence-electron chi connectivity index (χ2n) is 6.61. The van der Waals surface area contributed by atoms with Crippen molar-refractivity contribution in [2.45, 2.75) is 26.2 Å². The Hall–Kier alpha value is -2.61. The van der Waals surface area contributed by atoms with Crippen LogP contribution in [0.15, 0.2) is 12.3 Å². The summed E-state index contributed by atoms with van der Waals surface area (Å²) in [5.74, 6) is 2.12. The van der Waals surface area contributed by atoms with Gasteiger partial charge in [-0.15, -0.1) is 0 Å². The maximum absolute atomic E-state index is 6.13. The number of rotatable bonds is 8. The molecular weight excluding hydrogens is 344 g/mol. The number of nitrogen functional groups attached to an aromatic ring is 1. The van der Waals surface area contributed by atoms with Crippen LogP contribution in [0.1, 0.15) is 25.0 Å². The number of hydrogen-bond donors (Lipinski definition) is 2. The van der Waals surface area contributed by atoms with Gasteiger partial charge in [0.1, 0.15) is 5.82 Å². The molecule has 0 aliphatic carbocycles. The molecule has 1 aliphatic heterocycles. The third kappa shape index (κ3) is 4.57. The van der Waals surface area contributed by atoms with Crippen molar-refractivity contribution in [3.8, 4) is 22.8 Å². The van der Waals surface area contributed by atoms with Gasteiger partial charge < -0.3 is 25.4 Å². The Morgan fingerprint density at radius 1 is 1.22 bits per heavy atom. The van der Waals surface area contributed by atoms with Crippen molar-refractivity contribution >= 4 is 11.8 Å². The number of nitrogens with two attached hydrogens (primary N) is 1. The lowest BCUT2D eigenvalue weighted by molar-refractivity contribution is 0.254. The van der Waals surface area contributed by atoms with E-state index in [0.29, 0.717) is 41.1 Å². The van der Waals surface area contributed by atoms with Crippen molar-refractivity contribution in [3.05, 3.63) is 18.0 Å². The van der Waals surface area contributed by atoms with Crippen LogP contribution in [-0.2, 0) is 0 Å². The first-order valence-corrected chi connectivity index (χ1v) is 9.33. The second-order valence-corrected chi connectivity index (χ2v) is 6.61. The van der Waals surface area contributed by atoms with E-state index in [4.69, 9.17) is 15.2 Å². The summed E-state index contributed by atoms with van der Waals surface area (Å²) in [6.45, 7) is 5.97. The number of aromatic nitrogens is 3. The lowest BCUT2D eigenvalue weighted by Crippen LogP contribution is -2.22. The quantitative estimate of drug-likeness (QED) is 0.682. The fourth-order valence-electron chi connectivity index (χ4n) is 3.33. The van der Waals surface area contributed by atoms with Crippen molar-refractivity contribution in [2.24, 2.45) is 0 Å². The highest BCUT2D eigenvalue weighted by molar-refractivity contribution is 5.75. The molecule has 0 atom stereocenters. The van der Waals surface area contributed by atoms with Gasteiger partial charge in [0.05, 0.1) is 36.9 Å². The molecule has 0 spiro atoms. The van der Waals surface area contributed by atoms with E-state index >= 15 is 0 Å². The molecular formula is C19H28N6O2. The van der Waals surface area contributed by atoms with Crippen LogP contribution < -0.4 is 20.5 Å². The van der Waals surface area contributed by atoms with E-state index in [1.807, 2.05) is 13.0 Å². The molecule has 146 valence electrons. The molecule has 0 aromatic carbocycles. The average molecular weight is 372 g/mol. The zero-order valence-corrected chi connectivity index (χ0v) is 16.3. The molecule has 3 heterocycles. The molecule has 0 amide bonds. The number of aryl methyl sites for hydroxylation is 1. The number of anilines is 2. The molecule has 0 unspecified atom stereocenters. The molecule has 0 saturated carbocycles. The van der Waals surface area contributed by atoms with Crippen LogP contribution in [0.5, 0.6) is 11.5 Å². The predicted octanol–water partition coefficient (Wildman–Crippen LogP) is 2.34. The Morgan fingerprint density at radius 2 is 2.00 bits per heavy atom. The molecule has 27 heavy (non-hydrogen) atoms. The van der Waals surface area contributed by atoms with Crippen LogP contribution >= 0.6 is 0 Å². The van der Waals surface area contributed by atoms with E-state index < -0.39 is 0 Å². The van der Waals surface area contributed by atoms with Gasteiger partial charge in [0, 0.05) is 19.7 Å². The number of likely N-dealkylation sites (tertiary alicyclic amines) is 1. The van der Waals surface area contributed by atoms with Gasteiger partial charge in [0.15, 0.2) is 11.5 Å². The summed E-state index contributed by atoms with van der Waals surface area (Å²) in [6, 6.07) is 1.84. The molecule has 2 aromatic rings. The Kier molecular flexibility index (Phi) is 6.28. The fraction of sp³-hybridized carbons (Fsp3) is 0.526. The maximum Gasteiger partial charge on any atom is 0.224 e. The number of hydrogen-bond acceptors (Lipinski definition) is 8. The first kappa shape index (κ1) is 19.2. The monoisotopic (exact) mass is 372 g/mol. The maximum atomic E-state index is 6.13. The first-order chi connectivity index (χ1) is 13.1. The summed E-state index contributed by atoms with van der Waals surface area (Å²) < 4.78 is 11.4. The molecule has 3 N–H and O–H groups in total. The van der Waals surface area contributed by atoms with E-state index in [2.05, 4.69) is 25.2 Å². The summed E-state index contributed by atoms with van der Waals surface area (Å²) >= 11 is 0. The summed E-state index contributed by atoms with van der Waals surface area (Å²) in [4.78, 5) is 15.6. The number of methoxy groups -OCH3 is 1. The number of nitrogens with zero attached hydrogens (tertiary/aromatic N) is 4. The number of pyridine rings is 1. The topological polar surface area (TPSA) is 98.4 Å². The Balaban J connectivity index is 1.75. The van der Waals surface area contributed by atoms with Gasteiger partial charge in [0.2, 0.25) is 5.95 Å². The molecule has 1 aliphatic rings. The average Bonchev–Trinajstić information content (AvgIpc) is 3.18. The van der Waals surface area contributed by atoms with Crippen LogP contribution in [0.2, 0.25) is 0 Å². The molecule has 1 saturated heterocycles. The predicted molar refractivity (Wildman–Crippen MR) is 106 cm³/mol. The standard InChI is InChI=1S/C19H28N6O2/c1-13-17(18(20)24-19(21-2)23-13)14-11-15(16(26-3)12-22-14)27-10-6-9-25-7-4-5-8-25/h11-12H,4-10H2,1-3H3,(H3,20,21,23,24). The molecule has 1 fully saturated rings. The van der Waals surface area contributed by atoms with Crippen LogP contribution in [0.4, 0.5) is 11.8 Å². The SMILES string of the molecule is CNc1nc(C)c(-c2cc(OCCCN3CCCC3)c(OC)cn2)c(N)n1. The van der Waals surface area contributed by atoms with Crippen LogP contribution in [0, 0.1) is 6.92 Å². The van der Waals surface area contributed by atoms with Crippen molar-refractivity contribution in [2.75, 3.05) is 51.4 Å². The molecule has 0 radical (unpaired) electrons. The van der Waals surface area contributed by atoms with Crippen molar-refractivity contribution in [1.29, 1.82) is 0 Å². The third-order valence-corrected chi connectivity index (χ3v) is 4.72. The van der Waals surface area contributed by atoms with Crippen LogP contribution in [-0.4, -0.2) is 60.3 Å². The van der Waals surface area contributed by atoms with Gasteiger partial charge in [-0.3, -0.25) is 4.98 Å². The minimum atomic E-state index is 0.379. The van der Waals surface area contributed by atoms with E-state index in [1.165, 1.54) is 25.9 Å². The lowest BCUT2D eigenvalue weighted by atomic mass is 10.1. The minimum absolute atomic E-state index is 0.379. The van der Waals surface area contributed by atoms with Crippen molar-refractivity contribution in [3.63, 3.8) is 0 Å². The molecule has 2 aromatic heterocycles. The Labute approximate surface area is 160 Å². The lowest BCUT2D eigenvalue weighted by Gasteiger charge is -2.16. The van der Waals surface area contributed by atoms with Gasteiger partial charge in [0.25, 0.3) is 0 Å². The summed E-state index contributed by atoms with van der Waals surface area (Å²) in [7, 11) is 3.37. The molecule has 0 bridgehead atoms. The highest BCUT2D eigenvalue weighted by Gasteiger charge is 2.16. The largest absolute Gasteiger partial charge is 0.491 e. The van der Waals surface area contributed by atoms with Gasteiger partial charge in [-0.2, -0.15) is 4.98 Å². The Bertz CT molecular complexity index is 754. The minimum Gasteiger partial charge on any atom is -0.491 e. The normalized spacial score (nSPS) is 14.3. The molecule has 8 heteroatoms. The highest BCUT2D eigenvalue weighted by atomic mass is 16.5. The van der Waals surface area contributed by atoms with Crippen LogP contribution in [0.25, 0.3) is 11.3 Å².